The third kappa shape index (κ3) is 2.21. The van der Waals surface area contributed by atoms with E-state index in [1.54, 1.807) is 0 Å². The Morgan fingerprint density at radius 3 is 3.00 bits per heavy atom. The number of amides is 3. The Labute approximate surface area is 81.4 Å². The Balaban J connectivity index is 2.49. The number of nitrogens with two attached hydrogens (primary N) is 1. The zero-order valence-corrected chi connectivity index (χ0v) is 7.66. The molecule has 0 spiro atoms. The fraction of sp³-hybridized carbons (Fsp3) is 0.625. The lowest BCUT2D eigenvalue weighted by Gasteiger charge is -2.21. The van der Waals surface area contributed by atoms with Gasteiger partial charge >= 0.3 is 6.41 Å². The third-order valence-electron chi connectivity index (χ3n) is 2.21. The van der Waals surface area contributed by atoms with Gasteiger partial charge in [0.25, 0.3) is 0 Å². The van der Waals surface area contributed by atoms with Crippen LogP contribution in [0.15, 0.2) is 0 Å². The van der Waals surface area contributed by atoms with Crippen molar-refractivity contribution in [2.24, 2.45) is 5.73 Å². The van der Waals surface area contributed by atoms with Gasteiger partial charge in [0, 0.05) is 19.5 Å². The summed E-state index contributed by atoms with van der Waals surface area (Å²) in [5.41, 5.74) is 5.12. The van der Waals surface area contributed by atoms with Crippen molar-refractivity contribution in [3.8, 4) is 0 Å². The van der Waals surface area contributed by atoms with Crippen LogP contribution in [0.3, 0.4) is 0 Å². The molecule has 1 rings (SSSR count). The van der Waals surface area contributed by atoms with Gasteiger partial charge in [0.1, 0.15) is 6.04 Å². The van der Waals surface area contributed by atoms with Crippen LogP contribution in [0.2, 0.25) is 0 Å². The van der Waals surface area contributed by atoms with Gasteiger partial charge < -0.3 is 16.0 Å². The SMILES string of the molecule is NC(=O)C1CCC(=O)N1CCN[C]=O. The number of hydrogen-bond donors (Lipinski definition) is 2. The zero-order chi connectivity index (χ0) is 10.6. The Morgan fingerprint density at radius 1 is 1.71 bits per heavy atom. The second-order valence-corrected chi connectivity index (χ2v) is 3.07. The summed E-state index contributed by atoms with van der Waals surface area (Å²) in [4.78, 5) is 33.4. The van der Waals surface area contributed by atoms with Gasteiger partial charge in [0.05, 0.1) is 0 Å². The second kappa shape index (κ2) is 4.59. The van der Waals surface area contributed by atoms with E-state index in [0.717, 1.165) is 0 Å². The Hall–Kier alpha value is -1.59. The van der Waals surface area contributed by atoms with Crippen molar-refractivity contribution in [2.45, 2.75) is 18.9 Å². The molecule has 3 amide bonds. The number of nitrogens with one attached hydrogen (secondary N) is 1. The molecule has 0 aromatic heterocycles. The summed E-state index contributed by atoms with van der Waals surface area (Å²) in [5.74, 6) is -0.590. The average molecular weight is 198 g/mol. The fourth-order valence-electron chi connectivity index (χ4n) is 1.54. The molecule has 0 aromatic carbocycles. The molecule has 1 unspecified atom stereocenters. The van der Waals surface area contributed by atoms with Gasteiger partial charge in [-0.05, 0) is 6.42 Å². The summed E-state index contributed by atoms with van der Waals surface area (Å²) in [6.07, 6.45) is 2.31. The van der Waals surface area contributed by atoms with Crippen molar-refractivity contribution in [1.29, 1.82) is 0 Å². The van der Waals surface area contributed by atoms with E-state index in [1.807, 2.05) is 0 Å². The van der Waals surface area contributed by atoms with Crippen LogP contribution in [0.5, 0.6) is 0 Å². The minimum atomic E-state index is -0.518. The molecular weight excluding hydrogens is 186 g/mol. The van der Waals surface area contributed by atoms with Gasteiger partial charge in [-0.2, -0.15) is 0 Å². The Morgan fingerprint density at radius 2 is 2.43 bits per heavy atom. The summed E-state index contributed by atoms with van der Waals surface area (Å²) >= 11 is 0. The lowest BCUT2D eigenvalue weighted by molar-refractivity contribution is -0.133. The van der Waals surface area contributed by atoms with Crippen LogP contribution in [-0.2, 0) is 14.4 Å². The van der Waals surface area contributed by atoms with Crippen molar-refractivity contribution >= 4 is 18.2 Å². The maximum atomic E-state index is 11.3. The predicted molar refractivity (Wildman–Crippen MR) is 47.6 cm³/mol. The van der Waals surface area contributed by atoms with Gasteiger partial charge in [0.15, 0.2) is 0 Å². The first-order valence-corrected chi connectivity index (χ1v) is 4.35. The first kappa shape index (κ1) is 10.5. The first-order chi connectivity index (χ1) is 6.66. The van der Waals surface area contributed by atoms with Crippen molar-refractivity contribution in [3.63, 3.8) is 0 Å². The highest BCUT2D eigenvalue weighted by Gasteiger charge is 2.33. The lowest BCUT2D eigenvalue weighted by atomic mass is 10.2. The van der Waals surface area contributed by atoms with E-state index in [-0.39, 0.29) is 5.91 Å². The summed E-state index contributed by atoms with van der Waals surface area (Å²) in [7, 11) is 0. The third-order valence-corrected chi connectivity index (χ3v) is 2.21. The molecule has 0 saturated carbocycles. The van der Waals surface area contributed by atoms with Gasteiger partial charge in [-0.3, -0.25) is 14.4 Å². The van der Waals surface area contributed by atoms with E-state index in [2.05, 4.69) is 5.32 Å². The molecule has 1 atom stereocenters. The van der Waals surface area contributed by atoms with Gasteiger partial charge in [-0.25, -0.2) is 0 Å². The number of likely N-dealkylation sites (tertiary alicyclic amines) is 1. The van der Waals surface area contributed by atoms with E-state index < -0.39 is 11.9 Å². The van der Waals surface area contributed by atoms with Crippen LogP contribution in [0.4, 0.5) is 0 Å². The van der Waals surface area contributed by atoms with E-state index >= 15 is 0 Å². The normalized spacial score (nSPS) is 21.0. The van der Waals surface area contributed by atoms with Crippen molar-refractivity contribution in [1.82, 2.24) is 10.2 Å². The molecule has 1 heterocycles. The summed E-state index contributed by atoms with van der Waals surface area (Å²) in [6, 6.07) is -0.518. The smallest absolute Gasteiger partial charge is 0.309 e. The van der Waals surface area contributed by atoms with Gasteiger partial charge in [-0.1, -0.05) is 0 Å². The largest absolute Gasteiger partial charge is 0.368 e. The minimum Gasteiger partial charge on any atom is -0.368 e. The molecule has 1 fully saturated rings. The number of nitrogens with zero attached hydrogens (tertiary/aromatic N) is 1. The number of carbonyl (C=O) groups excluding carboxylic acids is 3. The molecule has 1 saturated heterocycles. The molecule has 1 radical (unpaired) electrons. The van der Waals surface area contributed by atoms with Crippen molar-refractivity contribution in [3.05, 3.63) is 0 Å². The Bertz CT molecular complexity index is 254. The van der Waals surface area contributed by atoms with E-state index in [0.29, 0.717) is 25.9 Å². The molecule has 6 heteroatoms. The summed E-state index contributed by atoms with van der Waals surface area (Å²) in [5, 5.41) is 2.30. The molecule has 1 aliphatic heterocycles. The van der Waals surface area contributed by atoms with Crippen LogP contribution < -0.4 is 11.1 Å². The second-order valence-electron chi connectivity index (χ2n) is 3.07. The van der Waals surface area contributed by atoms with Gasteiger partial charge in [0.2, 0.25) is 11.8 Å². The standard InChI is InChI=1S/C8H12N3O3/c9-8(14)6-1-2-7(13)11(6)4-3-10-5-12/h6H,1-4H2,(H2,9,14)(H,10,12). The van der Waals surface area contributed by atoms with Crippen molar-refractivity contribution < 1.29 is 14.4 Å². The zero-order valence-electron chi connectivity index (χ0n) is 7.66. The van der Waals surface area contributed by atoms with E-state index in [9.17, 15) is 14.4 Å². The number of rotatable bonds is 5. The van der Waals surface area contributed by atoms with E-state index in [1.165, 1.54) is 11.3 Å². The highest BCUT2D eigenvalue weighted by molar-refractivity contribution is 5.90. The quantitative estimate of drug-likeness (QED) is 0.400. The van der Waals surface area contributed by atoms with Gasteiger partial charge in [-0.15, -0.1) is 0 Å². The fourth-order valence-corrected chi connectivity index (χ4v) is 1.54. The molecule has 6 nitrogen and oxygen atoms in total. The lowest BCUT2D eigenvalue weighted by Crippen LogP contribution is -2.44. The molecule has 14 heavy (non-hydrogen) atoms. The average Bonchev–Trinajstić information content (AvgIpc) is 2.48. The Kier molecular flexibility index (Phi) is 3.44. The maximum absolute atomic E-state index is 11.3. The summed E-state index contributed by atoms with van der Waals surface area (Å²) < 4.78 is 0. The molecule has 3 N–H and O–H groups in total. The molecule has 0 bridgehead atoms. The van der Waals surface area contributed by atoms with Crippen LogP contribution in [0.25, 0.3) is 0 Å². The molecule has 77 valence electrons. The number of primary amides is 1. The minimum absolute atomic E-state index is 0.0958. The van der Waals surface area contributed by atoms with Crippen molar-refractivity contribution in [2.75, 3.05) is 13.1 Å². The summed E-state index contributed by atoms with van der Waals surface area (Å²) in [6.45, 7) is 0.598. The highest BCUT2D eigenvalue weighted by Crippen LogP contribution is 2.17. The molecule has 1 aliphatic rings. The topological polar surface area (TPSA) is 92.5 Å². The van der Waals surface area contributed by atoms with Crippen LogP contribution in [0.1, 0.15) is 12.8 Å². The van der Waals surface area contributed by atoms with E-state index in [4.69, 9.17) is 5.73 Å². The van der Waals surface area contributed by atoms with Crippen LogP contribution in [0, 0.1) is 0 Å². The predicted octanol–water partition coefficient (Wildman–Crippen LogP) is -1.88. The molecular formula is C8H12N3O3. The first-order valence-electron chi connectivity index (χ1n) is 4.35. The number of carbonyl (C=O) groups is 2. The number of hydrogen-bond acceptors (Lipinski definition) is 3. The van der Waals surface area contributed by atoms with Crippen LogP contribution >= 0.6 is 0 Å². The highest BCUT2D eigenvalue weighted by atomic mass is 16.2. The van der Waals surface area contributed by atoms with Crippen LogP contribution in [-0.4, -0.2) is 42.3 Å². The molecule has 0 aromatic rings. The monoisotopic (exact) mass is 198 g/mol. The maximum Gasteiger partial charge on any atom is 0.309 e. The molecule has 0 aliphatic carbocycles.